The highest BCUT2D eigenvalue weighted by atomic mass is 19.4. The maximum atomic E-state index is 12.9. The topological polar surface area (TPSA) is 38.3 Å². The van der Waals surface area contributed by atoms with Crippen molar-refractivity contribution in [1.29, 1.82) is 0 Å². The summed E-state index contributed by atoms with van der Waals surface area (Å²) >= 11 is 0. The van der Waals surface area contributed by atoms with E-state index in [1.54, 1.807) is 0 Å². The number of esters is 1. The Kier molecular flexibility index (Phi) is 5.42. The van der Waals surface area contributed by atoms with Crippen LogP contribution < -0.4 is 5.32 Å². The van der Waals surface area contributed by atoms with Crippen LogP contribution >= 0.6 is 0 Å². The Morgan fingerprint density at radius 2 is 1.90 bits per heavy atom. The number of hydrogen-bond donors (Lipinski definition) is 1. The number of anilines is 1. The molecule has 0 bridgehead atoms. The van der Waals surface area contributed by atoms with E-state index in [1.165, 1.54) is 25.3 Å². The van der Waals surface area contributed by atoms with Gasteiger partial charge in [0.15, 0.2) is 0 Å². The van der Waals surface area contributed by atoms with Crippen LogP contribution in [0, 0.1) is 5.92 Å². The van der Waals surface area contributed by atoms with Gasteiger partial charge >= 0.3 is 12.1 Å². The number of methoxy groups -OCH3 is 1. The first-order valence-electron chi connectivity index (χ1n) is 6.26. The van der Waals surface area contributed by atoms with Gasteiger partial charge in [0.05, 0.1) is 12.7 Å². The third-order valence-electron chi connectivity index (χ3n) is 2.76. The number of alkyl halides is 3. The van der Waals surface area contributed by atoms with Crippen molar-refractivity contribution < 1.29 is 22.7 Å². The van der Waals surface area contributed by atoms with Crippen LogP contribution in [0.2, 0.25) is 0 Å². The van der Waals surface area contributed by atoms with Crippen molar-refractivity contribution >= 4 is 11.7 Å². The fourth-order valence-electron chi connectivity index (χ4n) is 1.87. The predicted octanol–water partition coefficient (Wildman–Crippen LogP) is 3.71. The van der Waals surface area contributed by atoms with Crippen molar-refractivity contribution in [1.82, 2.24) is 0 Å². The molecule has 0 aromatic heterocycles. The summed E-state index contributed by atoms with van der Waals surface area (Å²) in [5.41, 5.74) is -0.909. The minimum Gasteiger partial charge on any atom is -0.467 e. The van der Waals surface area contributed by atoms with E-state index in [0.29, 0.717) is 6.42 Å². The lowest BCUT2D eigenvalue weighted by molar-refractivity contribution is -0.142. The molecule has 20 heavy (non-hydrogen) atoms. The molecule has 0 fully saturated rings. The lowest BCUT2D eigenvalue weighted by Crippen LogP contribution is -2.32. The van der Waals surface area contributed by atoms with Gasteiger partial charge in [0.2, 0.25) is 0 Å². The van der Waals surface area contributed by atoms with Gasteiger partial charge in [-0.15, -0.1) is 0 Å². The highest BCUT2D eigenvalue weighted by Crippen LogP contribution is 2.35. The van der Waals surface area contributed by atoms with Crippen LogP contribution in [-0.4, -0.2) is 19.1 Å². The molecule has 1 aromatic rings. The maximum absolute atomic E-state index is 12.9. The van der Waals surface area contributed by atoms with Gasteiger partial charge in [-0.1, -0.05) is 26.0 Å². The quantitative estimate of drug-likeness (QED) is 0.840. The molecule has 0 radical (unpaired) electrons. The molecule has 112 valence electrons. The summed E-state index contributed by atoms with van der Waals surface area (Å²) in [6.45, 7) is 3.76. The zero-order valence-corrected chi connectivity index (χ0v) is 11.6. The fraction of sp³-hybridized carbons (Fsp3) is 0.500. The average molecular weight is 289 g/mol. The number of benzene rings is 1. The third kappa shape index (κ3) is 4.43. The maximum Gasteiger partial charge on any atom is 0.418 e. The van der Waals surface area contributed by atoms with Crippen LogP contribution in [-0.2, 0) is 15.7 Å². The monoisotopic (exact) mass is 289 g/mol. The second kappa shape index (κ2) is 6.63. The molecule has 1 rings (SSSR count). The first-order chi connectivity index (χ1) is 9.25. The van der Waals surface area contributed by atoms with Gasteiger partial charge in [0.1, 0.15) is 6.04 Å². The largest absolute Gasteiger partial charge is 0.467 e. The Morgan fingerprint density at radius 1 is 1.30 bits per heavy atom. The molecule has 0 aliphatic rings. The van der Waals surface area contributed by atoms with Crippen LogP contribution in [0.3, 0.4) is 0 Å². The van der Waals surface area contributed by atoms with Crippen molar-refractivity contribution in [3.63, 3.8) is 0 Å². The third-order valence-corrected chi connectivity index (χ3v) is 2.76. The predicted molar refractivity (Wildman–Crippen MR) is 70.3 cm³/mol. The normalized spacial score (nSPS) is 13.2. The first kappa shape index (κ1) is 16.3. The van der Waals surface area contributed by atoms with Crippen LogP contribution in [0.5, 0.6) is 0 Å². The van der Waals surface area contributed by atoms with Crippen molar-refractivity contribution in [2.75, 3.05) is 12.4 Å². The number of hydrogen-bond acceptors (Lipinski definition) is 3. The van der Waals surface area contributed by atoms with Crippen LogP contribution in [0.1, 0.15) is 25.8 Å². The number of rotatable bonds is 5. The van der Waals surface area contributed by atoms with Gasteiger partial charge in [-0.25, -0.2) is 4.79 Å². The molecule has 0 amide bonds. The summed E-state index contributed by atoms with van der Waals surface area (Å²) in [4.78, 5) is 11.6. The number of ether oxygens (including phenoxy) is 1. The van der Waals surface area contributed by atoms with Crippen LogP contribution in [0.25, 0.3) is 0 Å². The van der Waals surface area contributed by atoms with Gasteiger partial charge < -0.3 is 10.1 Å². The van der Waals surface area contributed by atoms with Crippen molar-refractivity contribution in [3.05, 3.63) is 29.8 Å². The molecule has 3 nitrogen and oxygen atoms in total. The van der Waals surface area contributed by atoms with E-state index in [0.717, 1.165) is 6.07 Å². The highest BCUT2D eigenvalue weighted by Gasteiger charge is 2.34. The standard InChI is InChI=1S/C14H18F3NO2/c1-9(2)8-12(13(19)20-3)18-11-7-5-4-6-10(11)14(15,16)17/h4-7,9,12,18H,8H2,1-3H3. The number of carbonyl (C=O) groups is 1. The van der Waals surface area contributed by atoms with Gasteiger partial charge in [0.25, 0.3) is 0 Å². The first-order valence-corrected chi connectivity index (χ1v) is 6.26. The summed E-state index contributed by atoms with van der Waals surface area (Å²) in [6.07, 6.45) is -4.08. The van der Waals surface area contributed by atoms with E-state index >= 15 is 0 Å². The van der Waals surface area contributed by atoms with Crippen LogP contribution in [0.15, 0.2) is 24.3 Å². The number of halogens is 3. The summed E-state index contributed by atoms with van der Waals surface area (Å²) in [5.74, 6) is -0.430. The molecule has 0 aliphatic heterocycles. The summed E-state index contributed by atoms with van der Waals surface area (Å²) < 4.78 is 43.3. The van der Waals surface area contributed by atoms with Gasteiger partial charge in [-0.3, -0.25) is 0 Å². The summed E-state index contributed by atoms with van der Waals surface area (Å²) in [7, 11) is 1.22. The molecule has 0 saturated heterocycles. The highest BCUT2D eigenvalue weighted by molar-refractivity contribution is 5.79. The van der Waals surface area contributed by atoms with E-state index in [-0.39, 0.29) is 11.6 Å². The van der Waals surface area contributed by atoms with E-state index in [9.17, 15) is 18.0 Å². The second-order valence-electron chi connectivity index (χ2n) is 4.89. The van der Waals surface area contributed by atoms with E-state index < -0.39 is 23.8 Å². The molecule has 1 unspecified atom stereocenters. The van der Waals surface area contributed by atoms with Gasteiger partial charge in [-0.2, -0.15) is 13.2 Å². The molecule has 1 atom stereocenters. The Balaban J connectivity index is 3.02. The Bertz CT molecular complexity index is 458. The molecule has 0 heterocycles. The molecular formula is C14H18F3NO2. The molecular weight excluding hydrogens is 271 g/mol. The molecule has 6 heteroatoms. The summed E-state index contributed by atoms with van der Waals surface area (Å²) in [6, 6.07) is 4.28. The van der Waals surface area contributed by atoms with Gasteiger partial charge in [-0.05, 0) is 24.5 Å². The SMILES string of the molecule is COC(=O)C(CC(C)C)Nc1ccccc1C(F)(F)F. The number of carbonyl (C=O) groups excluding carboxylic acids is 1. The van der Waals surface area contributed by atoms with Gasteiger partial charge in [0, 0.05) is 5.69 Å². The lowest BCUT2D eigenvalue weighted by Gasteiger charge is -2.22. The molecule has 0 spiro atoms. The molecule has 0 saturated carbocycles. The van der Waals surface area contributed by atoms with E-state index in [2.05, 4.69) is 10.1 Å². The summed E-state index contributed by atoms with van der Waals surface area (Å²) in [5, 5.41) is 2.64. The van der Waals surface area contributed by atoms with Crippen LogP contribution in [0.4, 0.5) is 18.9 Å². The lowest BCUT2D eigenvalue weighted by atomic mass is 10.0. The van der Waals surface area contributed by atoms with E-state index in [1.807, 2.05) is 13.8 Å². The van der Waals surface area contributed by atoms with Crippen molar-refractivity contribution in [2.45, 2.75) is 32.5 Å². The minimum absolute atomic E-state index is 0.115. The smallest absolute Gasteiger partial charge is 0.418 e. The minimum atomic E-state index is -4.47. The molecule has 1 N–H and O–H groups in total. The zero-order chi connectivity index (χ0) is 15.3. The number of nitrogens with one attached hydrogen (secondary N) is 1. The van der Waals surface area contributed by atoms with E-state index in [4.69, 9.17) is 0 Å². The fourth-order valence-corrected chi connectivity index (χ4v) is 1.87. The van der Waals surface area contributed by atoms with Crippen molar-refractivity contribution in [2.24, 2.45) is 5.92 Å². The van der Waals surface area contributed by atoms with Crippen molar-refractivity contribution in [3.8, 4) is 0 Å². The Hall–Kier alpha value is -1.72. The Labute approximate surface area is 116 Å². The molecule has 1 aromatic carbocycles. The molecule has 0 aliphatic carbocycles. The number of para-hydroxylation sites is 1. The Morgan fingerprint density at radius 3 is 2.40 bits per heavy atom. The average Bonchev–Trinajstić information content (AvgIpc) is 2.36. The zero-order valence-electron chi connectivity index (χ0n) is 11.6. The second-order valence-corrected chi connectivity index (χ2v) is 4.89.